The summed E-state index contributed by atoms with van der Waals surface area (Å²) in [5.41, 5.74) is -0.889. The molecule has 116 valence electrons. The Labute approximate surface area is 127 Å². The number of isocyanates is 2. The molecule has 0 aliphatic heterocycles. The Kier molecular flexibility index (Phi) is 5.50. The van der Waals surface area contributed by atoms with Gasteiger partial charge in [-0.3, -0.25) is 0 Å². The smallest absolute Gasteiger partial charge is 0.211 e. The molecule has 2 fully saturated rings. The Morgan fingerprint density at radius 3 is 2.24 bits per heavy atom. The van der Waals surface area contributed by atoms with Crippen molar-refractivity contribution >= 4 is 12.2 Å². The zero-order chi connectivity index (χ0) is 15.3. The van der Waals surface area contributed by atoms with Gasteiger partial charge in [0, 0.05) is 5.92 Å². The van der Waals surface area contributed by atoms with Crippen LogP contribution in [0, 0.1) is 23.7 Å². The van der Waals surface area contributed by atoms with Crippen molar-refractivity contribution in [3.05, 3.63) is 0 Å². The summed E-state index contributed by atoms with van der Waals surface area (Å²) in [5, 5.41) is 0. The van der Waals surface area contributed by atoms with E-state index in [0.717, 1.165) is 24.7 Å². The standard InChI is InChI=1S/C17H26N2O2/c1-13-4-3-5-15(8-13)10-16-6-7-17(18-11-20,19-12-21)14(2)9-16/h13-16H,3-10H2,1-2H3. The molecule has 2 saturated carbocycles. The van der Waals surface area contributed by atoms with Gasteiger partial charge in [0.15, 0.2) is 5.66 Å². The maximum atomic E-state index is 10.7. The van der Waals surface area contributed by atoms with E-state index in [9.17, 15) is 9.59 Å². The van der Waals surface area contributed by atoms with Gasteiger partial charge in [0.25, 0.3) is 0 Å². The van der Waals surface area contributed by atoms with Crippen LogP contribution in [0.1, 0.15) is 65.2 Å². The van der Waals surface area contributed by atoms with Crippen LogP contribution in [0.3, 0.4) is 0 Å². The zero-order valence-electron chi connectivity index (χ0n) is 13.2. The van der Waals surface area contributed by atoms with E-state index in [1.807, 2.05) is 6.92 Å². The van der Waals surface area contributed by atoms with Gasteiger partial charge in [-0.25, -0.2) is 9.59 Å². The second-order valence-electron chi connectivity index (χ2n) is 7.20. The minimum atomic E-state index is -0.889. The maximum Gasteiger partial charge on any atom is 0.237 e. The Morgan fingerprint density at radius 1 is 1.00 bits per heavy atom. The third-order valence-electron chi connectivity index (χ3n) is 5.59. The van der Waals surface area contributed by atoms with Gasteiger partial charge in [-0.15, -0.1) is 0 Å². The van der Waals surface area contributed by atoms with Crippen molar-refractivity contribution in [3.8, 4) is 0 Å². The molecule has 0 aromatic carbocycles. The average Bonchev–Trinajstić information content (AvgIpc) is 2.44. The molecule has 21 heavy (non-hydrogen) atoms. The van der Waals surface area contributed by atoms with E-state index >= 15 is 0 Å². The second kappa shape index (κ2) is 7.15. The molecule has 4 atom stereocenters. The first kappa shape index (κ1) is 16.1. The highest BCUT2D eigenvalue weighted by atomic mass is 16.1. The lowest BCUT2D eigenvalue weighted by Gasteiger charge is -2.39. The summed E-state index contributed by atoms with van der Waals surface area (Å²) in [6.45, 7) is 4.40. The van der Waals surface area contributed by atoms with Crippen molar-refractivity contribution in [3.63, 3.8) is 0 Å². The van der Waals surface area contributed by atoms with Crippen LogP contribution in [0.15, 0.2) is 9.98 Å². The van der Waals surface area contributed by atoms with Crippen molar-refractivity contribution in [2.75, 3.05) is 0 Å². The molecule has 0 amide bonds. The molecule has 0 aromatic rings. The first-order chi connectivity index (χ1) is 10.1. The first-order valence-corrected chi connectivity index (χ1v) is 8.27. The highest BCUT2D eigenvalue weighted by molar-refractivity contribution is 5.39. The third-order valence-corrected chi connectivity index (χ3v) is 5.59. The fraction of sp³-hybridized carbons (Fsp3) is 0.882. The van der Waals surface area contributed by atoms with E-state index in [2.05, 4.69) is 16.9 Å². The lowest BCUT2D eigenvalue weighted by Crippen LogP contribution is -2.38. The van der Waals surface area contributed by atoms with Crippen LogP contribution in [0.25, 0.3) is 0 Å². The quantitative estimate of drug-likeness (QED) is 0.580. The van der Waals surface area contributed by atoms with Gasteiger partial charge in [0.05, 0.1) is 0 Å². The fourth-order valence-corrected chi connectivity index (χ4v) is 4.44. The van der Waals surface area contributed by atoms with Crippen LogP contribution in [0.4, 0.5) is 0 Å². The molecule has 2 aliphatic rings. The van der Waals surface area contributed by atoms with Crippen LogP contribution >= 0.6 is 0 Å². The van der Waals surface area contributed by atoms with Crippen molar-refractivity contribution in [1.29, 1.82) is 0 Å². The van der Waals surface area contributed by atoms with Crippen molar-refractivity contribution < 1.29 is 9.59 Å². The molecular formula is C17H26N2O2. The van der Waals surface area contributed by atoms with E-state index in [1.54, 1.807) is 12.2 Å². The monoisotopic (exact) mass is 290 g/mol. The van der Waals surface area contributed by atoms with Crippen LogP contribution in [-0.4, -0.2) is 17.8 Å². The molecule has 0 N–H and O–H groups in total. The molecule has 2 aliphatic carbocycles. The Bertz CT molecular complexity index is 432. The topological polar surface area (TPSA) is 58.9 Å². The normalized spacial score (nSPS) is 39.9. The van der Waals surface area contributed by atoms with Crippen LogP contribution < -0.4 is 0 Å². The predicted octanol–water partition coefficient (Wildman–Crippen LogP) is 4.01. The van der Waals surface area contributed by atoms with E-state index in [0.29, 0.717) is 12.3 Å². The SMILES string of the molecule is CC1CCCC(CC2CCC(N=C=O)(N=C=O)C(C)C2)C1. The highest BCUT2D eigenvalue weighted by Crippen LogP contribution is 2.44. The summed E-state index contributed by atoms with van der Waals surface area (Å²) in [4.78, 5) is 29.0. The molecule has 0 aromatic heterocycles. The van der Waals surface area contributed by atoms with Gasteiger partial charge >= 0.3 is 0 Å². The average molecular weight is 290 g/mol. The van der Waals surface area contributed by atoms with Crippen LogP contribution in [0.5, 0.6) is 0 Å². The lowest BCUT2D eigenvalue weighted by atomic mass is 9.70. The van der Waals surface area contributed by atoms with Crippen LogP contribution in [0.2, 0.25) is 0 Å². The minimum absolute atomic E-state index is 0.111. The first-order valence-electron chi connectivity index (χ1n) is 8.27. The van der Waals surface area contributed by atoms with E-state index < -0.39 is 5.66 Å². The molecule has 2 rings (SSSR count). The molecule has 4 heteroatoms. The summed E-state index contributed by atoms with van der Waals surface area (Å²) in [6.07, 6.45) is 12.6. The highest BCUT2D eigenvalue weighted by Gasteiger charge is 2.42. The predicted molar refractivity (Wildman–Crippen MR) is 81.2 cm³/mol. The van der Waals surface area contributed by atoms with Crippen molar-refractivity contribution in [1.82, 2.24) is 0 Å². The van der Waals surface area contributed by atoms with Crippen molar-refractivity contribution in [2.24, 2.45) is 33.7 Å². The summed E-state index contributed by atoms with van der Waals surface area (Å²) < 4.78 is 0. The van der Waals surface area contributed by atoms with Gasteiger partial charge < -0.3 is 0 Å². The van der Waals surface area contributed by atoms with E-state index in [4.69, 9.17) is 0 Å². The number of nitrogens with zero attached hydrogens (tertiary/aromatic N) is 2. The Morgan fingerprint density at radius 2 is 1.67 bits per heavy atom. The molecule has 0 radical (unpaired) electrons. The number of hydrogen-bond donors (Lipinski definition) is 0. The zero-order valence-corrected chi connectivity index (χ0v) is 13.2. The molecular weight excluding hydrogens is 264 g/mol. The second-order valence-corrected chi connectivity index (χ2v) is 7.20. The minimum Gasteiger partial charge on any atom is -0.211 e. The van der Waals surface area contributed by atoms with Gasteiger partial charge in [0.1, 0.15) is 0 Å². The summed E-state index contributed by atoms with van der Waals surface area (Å²) in [5.74, 6) is 2.50. The summed E-state index contributed by atoms with van der Waals surface area (Å²) in [6, 6.07) is 0. The third kappa shape index (κ3) is 3.90. The lowest BCUT2D eigenvalue weighted by molar-refractivity contribution is 0.132. The molecule has 0 spiro atoms. The number of carbonyl (C=O) groups excluding carboxylic acids is 2. The van der Waals surface area contributed by atoms with E-state index in [1.165, 1.54) is 32.1 Å². The van der Waals surface area contributed by atoms with Crippen molar-refractivity contribution in [2.45, 2.75) is 70.9 Å². The fourth-order valence-electron chi connectivity index (χ4n) is 4.44. The number of rotatable bonds is 4. The summed E-state index contributed by atoms with van der Waals surface area (Å²) in [7, 11) is 0. The maximum absolute atomic E-state index is 10.7. The molecule has 0 heterocycles. The molecule has 0 saturated heterocycles. The van der Waals surface area contributed by atoms with Gasteiger partial charge in [0.2, 0.25) is 12.2 Å². The number of aliphatic imine (C=N–C) groups is 2. The molecule has 4 unspecified atom stereocenters. The van der Waals surface area contributed by atoms with Gasteiger partial charge in [-0.2, -0.15) is 9.98 Å². The molecule has 4 nitrogen and oxygen atoms in total. The number of hydrogen-bond acceptors (Lipinski definition) is 4. The summed E-state index contributed by atoms with van der Waals surface area (Å²) >= 11 is 0. The van der Waals surface area contributed by atoms with Gasteiger partial charge in [-0.1, -0.05) is 33.1 Å². The Balaban J connectivity index is 1.96. The Hall–Kier alpha value is -1.24. The largest absolute Gasteiger partial charge is 0.237 e. The van der Waals surface area contributed by atoms with Gasteiger partial charge in [-0.05, 0) is 49.9 Å². The molecule has 0 bridgehead atoms. The van der Waals surface area contributed by atoms with E-state index in [-0.39, 0.29) is 5.92 Å². The van der Waals surface area contributed by atoms with Crippen LogP contribution in [-0.2, 0) is 9.59 Å².